The van der Waals surface area contributed by atoms with Gasteiger partial charge in [-0.25, -0.2) is 19.9 Å². The Morgan fingerprint density at radius 2 is 0.545 bits per heavy atom. The Labute approximate surface area is 713 Å². The van der Waals surface area contributed by atoms with Crippen LogP contribution in [0.15, 0.2) is 447 Å². The number of fused-ring (bicyclic) bond motifs is 3. The molecule has 0 bridgehead atoms. The minimum atomic E-state index is 0.645. The van der Waals surface area contributed by atoms with Crippen molar-refractivity contribution in [3.8, 4) is 67.2 Å². The van der Waals surface area contributed by atoms with Gasteiger partial charge in [-0.1, -0.05) is 405 Å². The average Bonchev–Trinajstić information content (AvgIpc) is 1.50. The molecule has 0 atom stereocenters. The van der Waals surface area contributed by atoms with E-state index in [1.54, 1.807) is 12.4 Å². The lowest BCUT2D eigenvalue weighted by atomic mass is 10.00. The van der Waals surface area contributed by atoms with Gasteiger partial charge in [0.1, 0.15) is 22.4 Å². The van der Waals surface area contributed by atoms with E-state index in [0.29, 0.717) is 17.7 Å². The summed E-state index contributed by atoms with van der Waals surface area (Å²) >= 11 is 0. The molecule has 0 spiro atoms. The topological polar surface area (TPSA) is 117 Å². The molecule has 0 fully saturated rings. The minimum Gasteiger partial charge on any atom is -0.461 e. The second-order valence-corrected chi connectivity index (χ2v) is 27.7. The molecule has 0 aliphatic carbocycles. The van der Waals surface area contributed by atoms with E-state index in [1.807, 2.05) is 273 Å². The lowest BCUT2D eigenvalue weighted by Crippen LogP contribution is -1.80. The number of benzene rings is 14. The first-order valence-corrected chi connectivity index (χ1v) is 40.5. The summed E-state index contributed by atoms with van der Waals surface area (Å²) in [6.07, 6.45) is 19.3. The Kier molecular flexibility index (Phi) is 35.8. The van der Waals surface area contributed by atoms with Crippen molar-refractivity contribution in [3.63, 3.8) is 0 Å². The van der Waals surface area contributed by atoms with Crippen molar-refractivity contribution in [1.82, 2.24) is 19.9 Å². The Morgan fingerprint density at radius 3 is 0.942 bits per heavy atom. The van der Waals surface area contributed by atoms with Gasteiger partial charge in [0.05, 0.1) is 12.4 Å². The molecule has 9 nitrogen and oxygen atoms in total. The SMILES string of the molecule is C/C=C/c1ccc(-c2ccccc2)cc1.C/C=C/c1ccccc1.C/C=C/c1nc2ccccc2o1.C/C=C/c1ncc(-c2ccccc2)o1.Cc1cc2ccccc2o1.Cc1ccc(-c2ccc(-c3ccccc3)cc2)cc1.Cc1ccc(-c2ccccc2)cc1.Cc1ccccc1.Cc1nc2ccccc2o1.Cc1ncc(-c2ccccc2)o1. The molecule has 0 N–H and O–H groups in total. The van der Waals surface area contributed by atoms with Crippen LogP contribution in [0.2, 0.25) is 0 Å². The van der Waals surface area contributed by atoms with E-state index < -0.39 is 0 Å². The van der Waals surface area contributed by atoms with Crippen LogP contribution in [0, 0.1) is 41.5 Å². The molecule has 5 aromatic heterocycles. The first-order chi connectivity index (χ1) is 59.3. The van der Waals surface area contributed by atoms with Crippen LogP contribution >= 0.6 is 0 Å². The number of nitrogens with zero attached hydrogens (tertiary/aromatic N) is 4. The number of para-hydroxylation sites is 5. The predicted molar refractivity (Wildman–Crippen MR) is 509 cm³/mol. The molecular formula is C112H104N4O5. The summed E-state index contributed by atoms with van der Waals surface area (Å²) in [5, 5.41) is 1.18. The quantitative estimate of drug-likeness (QED) is 0.132. The highest BCUT2D eigenvalue weighted by Crippen LogP contribution is 2.28. The maximum atomic E-state index is 5.51. The summed E-state index contributed by atoms with van der Waals surface area (Å²) in [6, 6.07) is 132. The fourth-order valence-corrected chi connectivity index (χ4v) is 12.1. The number of hydrogen-bond acceptors (Lipinski definition) is 9. The number of oxazole rings is 4. The van der Waals surface area contributed by atoms with Crippen molar-refractivity contribution in [2.75, 3.05) is 0 Å². The maximum Gasteiger partial charge on any atom is 0.219 e. The smallest absolute Gasteiger partial charge is 0.219 e. The molecule has 0 amide bonds. The van der Waals surface area contributed by atoms with Crippen LogP contribution in [-0.4, -0.2) is 19.9 Å². The number of aryl methyl sites for hydroxylation is 6. The Hall–Kier alpha value is -15.1. The predicted octanol–water partition coefficient (Wildman–Crippen LogP) is 31.9. The molecule has 0 aliphatic heterocycles. The van der Waals surface area contributed by atoms with Crippen molar-refractivity contribution in [2.45, 2.75) is 69.2 Å². The molecule has 0 saturated carbocycles. The van der Waals surface area contributed by atoms with E-state index in [4.69, 9.17) is 22.1 Å². The van der Waals surface area contributed by atoms with Crippen molar-refractivity contribution < 1.29 is 22.1 Å². The summed E-state index contributed by atoms with van der Waals surface area (Å²) in [5.41, 5.74) is 23.2. The van der Waals surface area contributed by atoms with Crippen molar-refractivity contribution >= 4 is 57.5 Å². The van der Waals surface area contributed by atoms with Crippen LogP contribution < -0.4 is 0 Å². The van der Waals surface area contributed by atoms with Gasteiger partial charge in [0.2, 0.25) is 11.8 Å². The molecule has 0 unspecified atom stereocenters. The fraction of sp³-hybridized carbons (Fsp3) is 0.0893. The molecule has 5 heterocycles. The number of allylic oxidation sites excluding steroid dienone is 4. The van der Waals surface area contributed by atoms with E-state index >= 15 is 0 Å². The minimum absolute atomic E-state index is 0.645. The molecule has 14 aromatic carbocycles. The third kappa shape index (κ3) is 30.2. The number of hydrogen-bond donors (Lipinski definition) is 0. The monoisotopic (exact) mass is 1580 g/mol. The number of furan rings is 1. The highest BCUT2D eigenvalue weighted by Gasteiger charge is 2.06. The molecule has 0 aliphatic rings. The summed E-state index contributed by atoms with van der Waals surface area (Å²) < 4.78 is 26.9. The molecule has 121 heavy (non-hydrogen) atoms. The molecular weight excluding hydrogens is 1480 g/mol. The molecule has 19 aromatic rings. The third-order valence-electron chi connectivity index (χ3n) is 18.2. The summed E-state index contributed by atoms with van der Waals surface area (Å²) in [4.78, 5) is 16.6. The van der Waals surface area contributed by atoms with Crippen molar-refractivity contribution in [2.24, 2.45) is 0 Å². The normalized spacial score (nSPS) is 10.4. The zero-order chi connectivity index (χ0) is 84.9. The Balaban J connectivity index is 0.000000142. The van der Waals surface area contributed by atoms with Gasteiger partial charge in [-0.2, -0.15) is 0 Å². The van der Waals surface area contributed by atoms with Crippen LogP contribution in [0.4, 0.5) is 0 Å². The van der Waals surface area contributed by atoms with Gasteiger partial charge in [-0.15, -0.1) is 0 Å². The van der Waals surface area contributed by atoms with Crippen molar-refractivity contribution in [1.29, 1.82) is 0 Å². The summed E-state index contributed by atoms with van der Waals surface area (Å²) in [5.74, 6) is 5.34. The number of rotatable bonds is 10. The van der Waals surface area contributed by atoms with Crippen LogP contribution in [0.3, 0.4) is 0 Å². The van der Waals surface area contributed by atoms with E-state index in [2.05, 4.69) is 253 Å². The third-order valence-corrected chi connectivity index (χ3v) is 18.2. The first kappa shape index (κ1) is 88.3. The van der Waals surface area contributed by atoms with Gasteiger partial charge in [-0.05, 0) is 160 Å². The molecule has 19 rings (SSSR count). The average molecular weight is 1590 g/mol. The molecule has 0 saturated heterocycles. The van der Waals surface area contributed by atoms with Gasteiger partial charge < -0.3 is 22.1 Å². The lowest BCUT2D eigenvalue weighted by molar-refractivity contribution is 0.534. The standard InChI is InChI=1S/C19H16.C15H14.C13H12.C12H11NO.2C10H9NO.C9H8O.C9H10.C8H7NO.C7H8/c1-15-7-9-17(10-8-15)19-13-11-18(12-14-19)16-5-3-2-4-6-16;1-2-6-13-9-11-15(12-10-13)14-7-4-3-5-8-14;1-11-7-9-13(10-8-11)12-5-3-2-4-6-12;1-2-6-12-13-9-11(14-12)10-7-4-3-5-8-10;1-8-11-7-10(12-8)9-5-3-2-4-6-9;1-2-5-10-11-8-6-3-4-7-9(8)12-10;1-7-6-8-4-2-3-5-9(8)10-7;1-2-6-9-7-4-3-5-8-9;1-6-9-7-4-2-3-5-8(7)10-6;1-7-5-3-2-4-6-7/h2-14H,1H3;2-12H,1H3;2-10H,1H3;2-9H,1H3;2*2-7H,1H3;2-6H,1H3;2-8H,1H3;2-5H,1H3;2-6H,1H3/b;6-2+;;6-2+;;5-2+;;6-2+;;. The maximum absolute atomic E-state index is 5.51. The van der Waals surface area contributed by atoms with E-state index in [9.17, 15) is 0 Å². The zero-order valence-electron chi connectivity index (χ0n) is 70.6. The van der Waals surface area contributed by atoms with Crippen molar-refractivity contribution in [3.05, 3.63) is 482 Å². The molecule has 602 valence electrons. The zero-order valence-corrected chi connectivity index (χ0v) is 70.6. The Bertz CT molecular complexity index is 6020. The highest BCUT2D eigenvalue weighted by atomic mass is 16.4. The van der Waals surface area contributed by atoms with Gasteiger partial charge in [0, 0.05) is 30.4 Å². The van der Waals surface area contributed by atoms with Gasteiger partial charge in [0.25, 0.3) is 0 Å². The van der Waals surface area contributed by atoms with Gasteiger partial charge in [0.15, 0.2) is 34.5 Å². The first-order valence-electron chi connectivity index (χ1n) is 40.5. The van der Waals surface area contributed by atoms with Gasteiger partial charge in [-0.3, -0.25) is 0 Å². The van der Waals surface area contributed by atoms with Crippen LogP contribution in [-0.2, 0) is 0 Å². The summed E-state index contributed by atoms with van der Waals surface area (Å²) in [7, 11) is 0. The number of aromatic nitrogens is 4. The highest BCUT2D eigenvalue weighted by molar-refractivity contribution is 5.78. The fourth-order valence-electron chi connectivity index (χ4n) is 12.1. The van der Waals surface area contributed by atoms with E-state index in [-0.39, 0.29) is 0 Å². The Morgan fingerprint density at radius 1 is 0.223 bits per heavy atom. The lowest BCUT2D eigenvalue weighted by Gasteiger charge is -2.05. The van der Waals surface area contributed by atoms with E-state index in [1.165, 1.54) is 77.7 Å². The van der Waals surface area contributed by atoms with E-state index in [0.717, 1.165) is 62.1 Å². The molecule has 0 radical (unpaired) electrons. The second kappa shape index (κ2) is 49.1. The van der Waals surface area contributed by atoms with Crippen LogP contribution in [0.5, 0.6) is 0 Å². The largest absolute Gasteiger partial charge is 0.461 e. The summed E-state index contributed by atoms with van der Waals surface area (Å²) in [6.45, 7) is 19.9. The molecule has 9 heteroatoms. The van der Waals surface area contributed by atoms with Gasteiger partial charge >= 0.3 is 0 Å². The second-order valence-electron chi connectivity index (χ2n) is 27.7. The van der Waals surface area contributed by atoms with Crippen LogP contribution in [0.25, 0.3) is 125 Å². The van der Waals surface area contributed by atoms with Crippen LogP contribution in [0.1, 0.15) is 84.8 Å².